The summed E-state index contributed by atoms with van der Waals surface area (Å²) < 4.78 is 0. The van der Waals surface area contributed by atoms with Gasteiger partial charge in [-0.05, 0) is 49.9 Å². The van der Waals surface area contributed by atoms with Crippen molar-refractivity contribution in [3.05, 3.63) is 11.6 Å². The van der Waals surface area contributed by atoms with Crippen molar-refractivity contribution in [2.45, 2.75) is 59.5 Å². The molecule has 1 heteroatoms. The average molecular weight is 222 g/mol. The lowest BCUT2D eigenvalue weighted by molar-refractivity contribution is -0.0609. The molecule has 2 aliphatic carbocycles. The van der Waals surface area contributed by atoms with Gasteiger partial charge < -0.3 is 5.11 Å². The van der Waals surface area contributed by atoms with E-state index < -0.39 is 0 Å². The Morgan fingerprint density at radius 3 is 2.69 bits per heavy atom. The molecule has 0 unspecified atom stereocenters. The van der Waals surface area contributed by atoms with Crippen LogP contribution in [-0.2, 0) is 0 Å². The molecule has 2 aliphatic rings. The lowest BCUT2D eigenvalue weighted by Crippen LogP contribution is -2.48. The molecule has 0 aromatic rings. The van der Waals surface area contributed by atoms with Crippen LogP contribution in [0.15, 0.2) is 11.6 Å². The molecule has 2 rings (SSSR count). The van der Waals surface area contributed by atoms with Crippen LogP contribution < -0.4 is 0 Å². The van der Waals surface area contributed by atoms with Crippen LogP contribution >= 0.6 is 0 Å². The summed E-state index contributed by atoms with van der Waals surface area (Å²) >= 11 is 0. The maximum absolute atomic E-state index is 10.6. The van der Waals surface area contributed by atoms with Gasteiger partial charge in [0.25, 0.3) is 0 Å². The number of allylic oxidation sites excluding steroid dienone is 1. The number of fused-ring (bicyclic) bond motifs is 1. The van der Waals surface area contributed by atoms with E-state index in [9.17, 15) is 5.11 Å². The van der Waals surface area contributed by atoms with E-state index in [4.69, 9.17) is 0 Å². The molecule has 0 spiro atoms. The number of aliphatic hydroxyl groups excluding tert-OH is 1. The van der Waals surface area contributed by atoms with E-state index in [1.54, 1.807) is 0 Å². The standard InChI is InChI=1S/C15H26O/c1-10(2)12-7-9-15(4)8-5-6-11(3)13(15)14(12)16/h6,10,12-14,16H,5,7-9H2,1-4H3/t12-,13+,14+,15+/m0/s1. The molecule has 0 amide bonds. The van der Waals surface area contributed by atoms with Crippen molar-refractivity contribution in [2.24, 2.45) is 23.2 Å². The Bertz CT molecular complexity index is 292. The van der Waals surface area contributed by atoms with E-state index in [1.807, 2.05) is 0 Å². The van der Waals surface area contributed by atoms with Crippen molar-refractivity contribution < 1.29 is 5.11 Å². The minimum absolute atomic E-state index is 0.115. The maximum Gasteiger partial charge on any atom is 0.0641 e. The molecule has 16 heavy (non-hydrogen) atoms. The lowest BCUT2D eigenvalue weighted by atomic mass is 9.55. The Kier molecular flexibility index (Phi) is 3.18. The summed E-state index contributed by atoms with van der Waals surface area (Å²) in [6, 6.07) is 0. The van der Waals surface area contributed by atoms with E-state index in [2.05, 4.69) is 33.8 Å². The fraction of sp³-hybridized carbons (Fsp3) is 0.867. The van der Waals surface area contributed by atoms with Crippen molar-refractivity contribution >= 4 is 0 Å². The second-order valence-corrected chi connectivity index (χ2v) is 6.56. The number of rotatable bonds is 1. The molecule has 1 saturated carbocycles. The van der Waals surface area contributed by atoms with Gasteiger partial charge >= 0.3 is 0 Å². The zero-order valence-corrected chi connectivity index (χ0v) is 11.2. The smallest absolute Gasteiger partial charge is 0.0641 e. The molecule has 0 aliphatic heterocycles. The van der Waals surface area contributed by atoms with Gasteiger partial charge in [0.2, 0.25) is 0 Å². The maximum atomic E-state index is 10.6. The molecule has 0 aromatic carbocycles. The molecule has 4 atom stereocenters. The second-order valence-electron chi connectivity index (χ2n) is 6.56. The van der Waals surface area contributed by atoms with Crippen LogP contribution in [0, 0.1) is 23.2 Å². The monoisotopic (exact) mass is 222 g/mol. The van der Waals surface area contributed by atoms with Crippen LogP contribution in [0.25, 0.3) is 0 Å². The summed E-state index contributed by atoms with van der Waals surface area (Å²) in [6.07, 6.45) is 7.20. The quantitative estimate of drug-likeness (QED) is 0.669. The van der Waals surface area contributed by atoms with Crippen LogP contribution in [0.1, 0.15) is 53.4 Å². The lowest BCUT2D eigenvalue weighted by Gasteiger charge is -2.51. The first-order valence-corrected chi connectivity index (χ1v) is 6.80. The van der Waals surface area contributed by atoms with E-state index in [-0.39, 0.29) is 6.10 Å². The molecule has 0 radical (unpaired) electrons. The Morgan fingerprint density at radius 2 is 2.06 bits per heavy atom. The predicted molar refractivity (Wildman–Crippen MR) is 68.2 cm³/mol. The number of hydrogen-bond donors (Lipinski definition) is 1. The van der Waals surface area contributed by atoms with E-state index >= 15 is 0 Å². The fourth-order valence-corrected chi connectivity index (χ4v) is 4.07. The number of aliphatic hydroxyl groups is 1. The highest BCUT2D eigenvalue weighted by atomic mass is 16.3. The normalized spacial score (nSPS) is 44.1. The van der Waals surface area contributed by atoms with Gasteiger partial charge in [0.1, 0.15) is 0 Å². The highest BCUT2D eigenvalue weighted by Gasteiger charge is 2.47. The van der Waals surface area contributed by atoms with Gasteiger partial charge in [-0.2, -0.15) is 0 Å². The third-order valence-electron chi connectivity index (χ3n) is 5.11. The predicted octanol–water partition coefficient (Wildman–Crippen LogP) is 3.78. The molecule has 92 valence electrons. The zero-order chi connectivity index (χ0) is 11.9. The topological polar surface area (TPSA) is 20.2 Å². The highest BCUT2D eigenvalue weighted by Crippen LogP contribution is 2.53. The Labute approximate surface area is 99.9 Å². The zero-order valence-electron chi connectivity index (χ0n) is 11.2. The van der Waals surface area contributed by atoms with E-state index in [0.29, 0.717) is 23.2 Å². The summed E-state index contributed by atoms with van der Waals surface area (Å²) in [4.78, 5) is 0. The fourth-order valence-electron chi connectivity index (χ4n) is 4.07. The largest absolute Gasteiger partial charge is 0.392 e. The molecule has 0 aromatic heterocycles. The summed E-state index contributed by atoms with van der Waals surface area (Å²) in [5, 5.41) is 10.6. The van der Waals surface area contributed by atoms with Crippen LogP contribution in [0.2, 0.25) is 0 Å². The summed E-state index contributed by atoms with van der Waals surface area (Å²) in [5.41, 5.74) is 1.80. The molecule has 0 saturated heterocycles. The molecule has 1 fully saturated rings. The molecule has 1 nitrogen and oxygen atoms in total. The van der Waals surface area contributed by atoms with Crippen LogP contribution in [0.5, 0.6) is 0 Å². The third kappa shape index (κ3) is 1.84. The molecule has 0 bridgehead atoms. The first-order valence-electron chi connectivity index (χ1n) is 6.80. The molecule has 1 N–H and O–H groups in total. The van der Waals surface area contributed by atoms with Gasteiger partial charge in [-0.25, -0.2) is 0 Å². The summed E-state index contributed by atoms with van der Waals surface area (Å²) in [6.45, 7) is 9.10. The van der Waals surface area contributed by atoms with Gasteiger partial charge in [-0.15, -0.1) is 0 Å². The second kappa shape index (κ2) is 4.18. The first-order chi connectivity index (χ1) is 7.46. The summed E-state index contributed by atoms with van der Waals surface area (Å²) in [7, 11) is 0. The Balaban J connectivity index is 2.27. The third-order valence-corrected chi connectivity index (χ3v) is 5.11. The van der Waals surface area contributed by atoms with Crippen molar-refractivity contribution in [3.8, 4) is 0 Å². The number of hydrogen-bond acceptors (Lipinski definition) is 1. The van der Waals surface area contributed by atoms with Gasteiger partial charge in [0.05, 0.1) is 6.10 Å². The first kappa shape index (κ1) is 12.2. The molecular weight excluding hydrogens is 196 g/mol. The van der Waals surface area contributed by atoms with E-state index in [1.165, 1.54) is 31.3 Å². The average Bonchev–Trinajstić information content (AvgIpc) is 2.16. The van der Waals surface area contributed by atoms with Gasteiger partial charge in [0, 0.05) is 5.92 Å². The SMILES string of the molecule is CC1=CCC[C@]2(C)CC[C@@H](C(C)C)[C@@H](O)[C@@H]12. The van der Waals surface area contributed by atoms with Gasteiger partial charge in [0.15, 0.2) is 0 Å². The van der Waals surface area contributed by atoms with Crippen molar-refractivity contribution in [3.63, 3.8) is 0 Å². The van der Waals surface area contributed by atoms with Crippen LogP contribution in [0.3, 0.4) is 0 Å². The molecular formula is C15H26O. The van der Waals surface area contributed by atoms with E-state index in [0.717, 1.165) is 0 Å². The van der Waals surface area contributed by atoms with Crippen LogP contribution in [-0.4, -0.2) is 11.2 Å². The highest BCUT2D eigenvalue weighted by molar-refractivity contribution is 5.17. The molecule has 0 heterocycles. The Hall–Kier alpha value is -0.300. The van der Waals surface area contributed by atoms with Crippen molar-refractivity contribution in [1.29, 1.82) is 0 Å². The van der Waals surface area contributed by atoms with Crippen molar-refractivity contribution in [2.75, 3.05) is 0 Å². The summed E-state index contributed by atoms with van der Waals surface area (Å²) in [5.74, 6) is 1.52. The Morgan fingerprint density at radius 1 is 1.38 bits per heavy atom. The minimum Gasteiger partial charge on any atom is -0.392 e. The van der Waals surface area contributed by atoms with Crippen molar-refractivity contribution in [1.82, 2.24) is 0 Å². The van der Waals surface area contributed by atoms with Crippen LogP contribution in [0.4, 0.5) is 0 Å². The van der Waals surface area contributed by atoms with Gasteiger partial charge in [-0.1, -0.05) is 32.4 Å². The van der Waals surface area contributed by atoms with Gasteiger partial charge in [-0.3, -0.25) is 0 Å². The minimum atomic E-state index is -0.115.